The van der Waals surface area contributed by atoms with Crippen LogP contribution in [0.15, 0.2) is 497 Å². The molecule has 0 aliphatic carbocycles. The lowest BCUT2D eigenvalue weighted by molar-refractivity contribution is 1.60. The summed E-state index contributed by atoms with van der Waals surface area (Å²) in [4.78, 5) is 0. The molecule has 0 aromatic heterocycles. The number of rotatable bonds is 12. The lowest BCUT2D eigenvalue weighted by Gasteiger charge is -2.21. The molecule has 23 aromatic rings. The molecule has 0 aliphatic rings. The lowest BCUT2D eigenvalue weighted by atomic mass is 9.82. The van der Waals surface area contributed by atoms with Gasteiger partial charge >= 0.3 is 0 Å². The van der Waals surface area contributed by atoms with Gasteiger partial charge in [0.1, 0.15) is 0 Å². The van der Waals surface area contributed by atoms with E-state index in [0.717, 1.165) is 0 Å². The maximum absolute atomic E-state index is 2.37. The van der Waals surface area contributed by atoms with Gasteiger partial charge in [0.15, 0.2) is 0 Å². The van der Waals surface area contributed by atoms with E-state index in [1.165, 1.54) is 220 Å². The molecule has 122 heavy (non-hydrogen) atoms. The van der Waals surface area contributed by atoms with E-state index in [9.17, 15) is 0 Å². The molecule has 0 bridgehead atoms. The Morgan fingerprint density at radius 2 is 0.279 bits per heavy atom. The van der Waals surface area contributed by atoms with Crippen LogP contribution in [0, 0.1) is 0 Å². The van der Waals surface area contributed by atoms with Crippen molar-refractivity contribution in [1.82, 2.24) is 0 Å². The Labute approximate surface area is 712 Å². The summed E-state index contributed by atoms with van der Waals surface area (Å²) in [5, 5.41) is 20.3. The predicted octanol–water partition coefficient (Wildman–Crippen LogP) is 34.3. The van der Waals surface area contributed by atoms with Crippen LogP contribution in [0.2, 0.25) is 0 Å². The highest BCUT2D eigenvalue weighted by atomic mass is 14.3. The average molecular weight is 1550 g/mol. The van der Waals surface area contributed by atoms with E-state index in [-0.39, 0.29) is 0 Å². The smallest absolute Gasteiger partial charge is 0.00201 e. The first kappa shape index (κ1) is 73.7. The highest BCUT2D eigenvalue weighted by Gasteiger charge is 2.25. The summed E-state index contributed by atoms with van der Waals surface area (Å²) in [5.41, 5.74) is 30.1. The van der Waals surface area contributed by atoms with Crippen molar-refractivity contribution in [1.29, 1.82) is 0 Å². The van der Waals surface area contributed by atoms with E-state index in [2.05, 4.69) is 497 Å². The summed E-state index contributed by atoms with van der Waals surface area (Å²) >= 11 is 0. The topological polar surface area (TPSA) is 0 Å². The predicted molar refractivity (Wildman–Crippen MR) is 525 cm³/mol. The van der Waals surface area contributed by atoms with Gasteiger partial charge in [-0.05, 0) is 226 Å². The molecule has 23 aromatic carbocycles. The van der Waals surface area contributed by atoms with E-state index < -0.39 is 0 Å². The SMILES string of the molecule is c1ccc(-c2ccc(-c3c4ccccc4c(-c4ccccc4-c4ccccc4)c4ccccc34)cc2)cc1.c1ccc(-c2ccccc2-c2c3ccccc3c(-c3cccc(-c4cccc5ccccc45)c3)c3ccccc23)cc1.c1ccc(-c2ccccc2-c2c3ccccc3c(-c3ccccc3-c3cccc4ccccc34)c3ccccc23)cc1. The molecule has 0 N–H and O–H groups in total. The molecule has 570 valence electrons. The van der Waals surface area contributed by atoms with Crippen LogP contribution in [0.5, 0.6) is 0 Å². The molecule has 0 heterocycles. The maximum Gasteiger partial charge on any atom is -0.00201 e. The molecule has 0 unspecified atom stereocenters. The number of hydrogen-bond donors (Lipinski definition) is 0. The summed E-state index contributed by atoms with van der Waals surface area (Å²) in [6, 6.07) is 180. The number of benzene rings is 23. The van der Waals surface area contributed by atoms with Crippen molar-refractivity contribution in [2.75, 3.05) is 0 Å². The summed E-state index contributed by atoms with van der Waals surface area (Å²) < 4.78 is 0. The first-order chi connectivity index (χ1) is 60.6. The fourth-order valence-electron chi connectivity index (χ4n) is 19.1. The molecular formula is C122H82. The van der Waals surface area contributed by atoms with Gasteiger partial charge in [0, 0.05) is 0 Å². The van der Waals surface area contributed by atoms with Crippen LogP contribution < -0.4 is 0 Å². The van der Waals surface area contributed by atoms with Crippen LogP contribution in [0.4, 0.5) is 0 Å². The fraction of sp³-hybridized carbons (Fsp3) is 0. The molecule has 0 amide bonds. The van der Waals surface area contributed by atoms with Crippen LogP contribution in [-0.2, 0) is 0 Å². The van der Waals surface area contributed by atoms with Gasteiger partial charge in [-0.2, -0.15) is 0 Å². The maximum atomic E-state index is 2.37. The fourth-order valence-corrected chi connectivity index (χ4v) is 19.1. The van der Waals surface area contributed by atoms with Crippen LogP contribution in [0.3, 0.4) is 0 Å². The van der Waals surface area contributed by atoms with Gasteiger partial charge in [0.2, 0.25) is 0 Å². The van der Waals surface area contributed by atoms with E-state index in [4.69, 9.17) is 0 Å². The highest BCUT2D eigenvalue weighted by molar-refractivity contribution is 6.26. The first-order valence-electron chi connectivity index (χ1n) is 42.2. The normalized spacial score (nSPS) is 11.3. The Balaban J connectivity index is 0.000000113. The zero-order valence-electron chi connectivity index (χ0n) is 67.3. The monoisotopic (exact) mass is 1550 g/mol. The van der Waals surface area contributed by atoms with Crippen molar-refractivity contribution in [2.24, 2.45) is 0 Å². The van der Waals surface area contributed by atoms with Gasteiger partial charge < -0.3 is 0 Å². The minimum absolute atomic E-state index is 1.23. The second-order valence-electron chi connectivity index (χ2n) is 31.4. The minimum Gasteiger partial charge on any atom is -0.0622 e. The second kappa shape index (κ2) is 32.9. The number of hydrogen-bond acceptors (Lipinski definition) is 0. The summed E-state index contributed by atoms with van der Waals surface area (Å²) in [5.74, 6) is 0. The Hall–Kier alpha value is -15.9. The molecule has 0 atom stereocenters. The molecule has 0 nitrogen and oxygen atoms in total. The van der Waals surface area contributed by atoms with E-state index in [1.54, 1.807) is 0 Å². The van der Waals surface area contributed by atoms with Crippen LogP contribution in [0.1, 0.15) is 0 Å². The van der Waals surface area contributed by atoms with Gasteiger partial charge in [-0.25, -0.2) is 0 Å². The average Bonchev–Trinajstić information content (AvgIpc) is 0.733. The van der Waals surface area contributed by atoms with Crippen molar-refractivity contribution in [3.8, 4) is 134 Å². The third-order valence-corrected chi connectivity index (χ3v) is 24.4. The zero-order chi connectivity index (χ0) is 81.1. The Morgan fingerprint density at radius 1 is 0.0820 bits per heavy atom. The summed E-state index contributed by atoms with van der Waals surface area (Å²) in [6.07, 6.45) is 0. The van der Waals surface area contributed by atoms with Crippen LogP contribution in [-0.4, -0.2) is 0 Å². The Morgan fingerprint density at radius 3 is 0.631 bits per heavy atom. The quantitative estimate of drug-likeness (QED) is 0.107. The third kappa shape index (κ3) is 13.7. The van der Waals surface area contributed by atoms with Crippen LogP contribution in [0.25, 0.3) is 220 Å². The zero-order valence-corrected chi connectivity index (χ0v) is 67.3. The molecule has 0 aliphatic heterocycles. The van der Waals surface area contributed by atoms with Crippen molar-refractivity contribution >= 4 is 86.2 Å². The van der Waals surface area contributed by atoms with Crippen molar-refractivity contribution < 1.29 is 0 Å². The largest absolute Gasteiger partial charge is 0.0622 e. The minimum atomic E-state index is 1.23. The van der Waals surface area contributed by atoms with Crippen molar-refractivity contribution in [3.05, 3.63) is 497 Å². The summed E-state index contributed by atoms with van der Waals surface area (Å²) in [6.45, 7) is 0. The molecule has 0 spiro atoms. The standard InChI is InChI=1S/2C42H28.C38H26/c1-2-15-29(16-3-1)32-20-6-8-22-35(32)41-37-24-10-12-26-39(37)42(40-27-13-11-25-38(40)41)36-23-9-7-21-34(36)33-28-14-18-30-17-4-5-19-31(30)33;1-2-14-29(15-3-1)34-21-6-7-22-36(34)42-39-25-10-8-23-37(39)41(38-24-9-11-26-40(38)42)32-19-12-18-31(28-32)35-27-13-17-30-16-4-5-20-33(30)35;1-3-13-27(14-4-1)28-23-25-30(26-24-28)37-33-19-9-11-21-35(33)38(36-22-12-10-20-34(36)37)32-18-8-7-17-31(32)29-15-5-2-6-16-29/h2*1-28H;1-26H. The van der Waals surface area contributed by atoms with Gasteiger partial charge in [0.25, 0.3) is 0 Å². The van der Waals surface area contributed by atoms with E-state index >= 15 is 0 Å². The summed E-state index contributed by atoms with van der Waals surface area (Å²) in [7, 11) is 0. The molecule has 0 saturated carbocycles. The van der Waals surface area contributed by atoms with Gasteiger partial charge in [-0.3, -0.25) is 0 Å². The first-order valence-corrected chi connectivity index (χ1v) is 42.2. The van der Waals surface area contributed by atoms with E-state index in [0.29, 0.717) is 0 Å². The third-order valence-electron chi connectivity index (χ3n) is 24.4. The number of fused-ring (bicyclic) bond motifs is 8. The molecular weight excluding hydrogens is 1470 g/mol. The molecule has 0 fully saturated rings. The molecule has 0 radical (unpaired) electrons. The Kier molecular flexibility index (Phi) is 19.9. The molecule has 0 saturated heterocycles. The van der Waals surface area contributed by atoms with Gasteiger partial charge in [0.05, 0.1) is 0 Å². The van der Waals surface area contributed by atoms with Gasteiger partial charge in [-0.15, -0.1) is 0 Å². The van der Waals surface area contributed by atoms with Gasteiger partial charge in [-0.1, -0.05) is 491 Å². The van der Waals surface area contributed by atoms with Crippen LogP contribution >= 0.6 is 0 Å². The van der Waals surface area contributed by atoms with Crippen molar-refractivity contribution in [2.45, 2.75) is 0 Å². The molecule has 23 rings (SSSR count). The molecule has 0 heteroatoms. The van der Waals surface area contributed by atoms with Crippen molar-refractivity contribution in [3.63, 3.8) is 0 Å². The van der Waals surface area contributed by atoms with E-state index in [1.807, 2.05) is 0 Å². The second-order valence-corrected chi connectivity index (χ2v) is 31.4. The Bertz CT molecular complexity index is 7650. The highest BCUT2D eigenvalue weighted by Crippen LogP contribution is 2.52. The lowest BCUT2D eigenvalue weighted by Crippen LogP contribution is -1.94.